The van der Waals surface area contributed by atoms with Gasteiger partial charge in [0, 0.05) is 32.0 Å². The highest BCUT2D eigenvalue weighted by Gasteiger charge is 2.25. The van der Waals surface area contributed by atoms with Crippen molar-refractivity contribution in [3.05, 3.63) is 65.9 Å². The first kappa shape index (κ1) is 18.7. The number of benzene rings is 1. The number of methoxy groups -OCH3 is 1. The van der Waals surface area contributed by atoms with E-state index >= 15 is 0 Å². The number of amides is 2. The molecule has 0 spiro atoms. The number of ether oxygens (including phenoxy) is 1. The van der Waals surface area contributed by atoms with Gasteiger partial charge in [0.2, 0.25) is 0 Å². The normalized spacial score (nSPS) is 12.7. The van der Waals surface area contributed by atoms with Crippen molar-refractivity contribution >= 4 is 6.03 Å². The summed E-state index contributed by atoms with van der Waals surface area (Å²) in [5.41, 5.74) is 3.14. The van der Waals surface area contributed by atoms with Gasteiger partial charge < -0.3 is 14.2 Å². The molecule has 1 aromatic heterocycles. The molecule has 0 atom stereocenters. The first-order valence-electron chi connectivity index (χ1n) is 8.92. The van der Waals surface area contributed by atoms with E-state index in [2.05, 4.69) is 34.0 Å². The molecule has 0 fully saturated rings. The maximum Gasteiger partial charge on any atom is 0.324 e. The van der Waals surface area contributed by atoms with E-state index < -0.39 is 0 Å². The zero-order valence-corrected chi connectivity index (χ0v) is 15.8. The number of fused-ring (bicyclic) bond motifs is 1. The third-order valence-corrected chi connectivity index (χ3v) is 4.49. The lowest BCUT2D eigenvalue weighted by Gasteiger charge is -2.32. The van der Waals surface area contributed by atoms with E-state index in [9.17, 15) is 4.79 Å². The average Bonchev–Trinajstić information content (AvgIpc) is 3.09. The van der Waals surface area contributed by atoms with Crippen LogP contribution in [-0.4, -0.2) is 52.2 Å². The fourth-order valence-corrected chi connectivity index (χ4v) is 3.03. The Hall–Kier alpha value is -3.04. The van der Waals surface area contributed by atoms with Crippen molar-refractivity contribution in [3.8, 4) is 11.8 Å². The number of imidazole rings is 1. The Bertz CT molecular complexity index is 891. The highest BCUT2D eigenvalue weighted by molar-refractivity contribution is 5.75. The van der Waals surface area contributed by atoms with Crippen LogP contribution in [0.25, 0.3) is 0 Å². The number of aryl methyl sites for hydroxylation is 1. The predicted octanol–water partition coefficient (Wildman–Crippen LogP) is 2.62. The first-order valence-corrected chi connectivity index (χ1v) is 8.92. The Morgan fingerprint density at radius 1 is 1.41 bits per heavy atom. The van der Waals surface area contributed by atoms with E-state index in [1.807, 2.05) is 25.1 Å². The maximum absolute atomic E-state index is 12.7. The molecule has 2 heterocycles. The standard InChI is InChI=1S/C21H24N4O2/c1-4-23(12-13-27-3)21(26)24-10-11-25-19(16-24)15-22-20(25)9-8-18-7-5-6-17(2)14-18/h4-7,14-15H,1,10-13,16H2,2-3H3. The predicted molar refractivity (Wildman–Crippen MR) is 104 cm³/mol. The molecule has 0 saturated heterocycles. The van der Waals surface area contributed by atoms with Crippen molar-refractivity contribution in [2.45, 2.75) is 20.0 Å². The topological polar surface area (TPSA) is 50.6 Å². The van der Waals surface area contributed by atoms with Crippen LogP contribution in [0, 0.1) is 18.8 Å². The summed E-state index contributed by atoms with van der Waals surface area (Å²) in [5.74, 6) is 7.07. The molecule has 27 heavy (non-hydrogen) atoms. The Kier molecular flexibility index (Phi) is 5.94. The Morgan fingerprint density at radius 2 is 2.26 bits per heavy atom. The molecule has 1 aliphatic rings. The summed E-state index contributed by atoms with van der Waals surface area (Å²) in [5, 5.41) is 0. The van der Waals surface area contributed by atoms with Crippen LogP contribution in [0.15, 0.2) is 43.2 Å². The fraction of sp³-hybridized carbons (Fsp3) is 0.333. The molecule has 0 radical (unpaired) electrons. The van der Waals surface area contributed by atoms with E-state index in [0.29, 0.717) is 32.8 Å². The number of carbonyl (C=O) groups is 1. The number of carbonyl (C=O) groups excluding carboxylic acids is 1. The summed E-state index contributed by atoms with van der Waals surface area (Å²) < 4.78 is 7.14. The van der Waals surface area contributed by atoms with Gasteiger partial charge in [0.15, 0.2) is 5.82 Å². The van der Waals surface area contributed by atoms with Gasteiger partial charge in [0.1, 0.15) is 0 Å². The molecule has 2 amide bonds. The van der Waals surface area contributed by atoms with Gasteiger partial charge in [-0.1, -0.05) is 24.6 Å². The number of hydrogen-bond acceptors (Lipinski definition) is 3. The van der Waals surface area contributed by atoms with Crippen LogP contribution in [0.4, 0.5) is 4.79 Å². The second-order valence-corrected chi connectivity index (χ2v) is 6.42. The van der Waals surface area contributed by atoms with Crippen LogP contribution in [0.1, 0.15) is 22.6 Å². The third kappa shape index (κ3) is 4.39. The average molecular weight is 364 g/mol. The van der Waals surface area contributed by atoms with Crippen molar-refractivity contribution in [1.82, 2.24) is 19.4 Å². The van der Waals surface area contributed by atoms with Crippen molar-refractivity contribution in [1.29, 1.82) is 0 Å². The second kappa shape index (κ2) is 8.56. The quantitative estimate of drug-likeness (QED) is 0.784. The van der Waals surface area contributed by atoms with E-state index in [-0.39, 0.29) is 6.03 Å². The number of nitrogens with zero attached hydrogens (tertiary/aromatic N) is 4. The second-order valence-electron chi connectivity index (χ2n) is 6.42. The van der Waals surface area contributed by atoms with Crippen LogP contribution in [0.5, 0.6) is 0 Å². The molecule has 3 rings (SSSR count). The van der Waals surface area contributed by atoms with E-state index in [1.54, 1.807) is 29.3 Å². The van der Waals surface area contributed by atoms with Gasteiger partial charge in [-0.15, -0.1) is 0 Å². The molecule has 1 aromatic carbocycles. The van der Waals surface area contributed by atoms with Crippen LogP contribution >= 0.6 is 0 Å². The largest absolute Gasteiger partial charge is 0.383 e. The van der Waals surface area contributed by atoms with Gasteiger partial charge in [-0.3, -0.25) is 4.90 Å². The first-order chi connectivity index (χ1) is 13.1. The summed E-state index contributed by atoms with van der Waals surface area (Å²) in [6.45, 7) is 8.53. The van der Waals surface area contributed by atoms with Crippen LogP contribution < -0.4 is 0 Å². The van der Waals surface area contributed by atoms with Gasteiger partial charge >= 0.3 is 6.03 Å². The minimum atomic E-state index is -0.0677. The molecule has 1 aliphatic heterocycles. The smallest absolute Gasteiger partial charge is 0.324 e. The van der Waals surface area contributed by atoms with Crippen LogP contribution in [-0.2, 0) is 17.8 Å². The SMILES string of the molecule is C=CN(CCOC)C(=O)N1CCn2c(cnc2C#Cc2cccc(C)c2)C1. The number of urea groups is 1. The fourth-order valence-electron chi connectivity index (χ4n) is 3.03. The molecule has 140 valence electrons. The minimum Gasteiger partial charge on any atom is -0.383 e. The monoisotopic (exact) mass is 364 g/mol. The lowest BCUT2D eigenvalue weighted by Crippen LogP contribution is -2.45. The van der Waals surface area contributed by atoms with Crippen molar-refractivity contribution < 1.29 is 9.53 Å². The van der Waals surface area contributed by atoms with Crippen molar-refractivity contribution in [3.63, 3.8) is 0 Å². The minimum absolute atomic E-state index is 0.0677. The summed E-state index contributed by atoms with van der Waals surface area (Å²) >= 11 is 0. The van der Waals surface area contributed by atoms with Gasteiger partial charge in [0.05, 0.1) is 31.6 Å². The zero-order valence-electron chi connectivity index (χ0n) is 15.8. The highest BCUT2D eigenvalue weighted by atomic mass is 16.5. The molecule has 0 saturated carbocycles. The zero-order chi connectivity index (χ0) is 19.2. The third-order valence-electron chi connectivity index (χ3n) is 4.49. The molecule has 0 unspecified atom stereocenters. The lowest BCUT2D eigenvalue weighted by atomic mass is 10.1. The summed E-state index contributed by atoms with van der Waals surface area (Å²) in [4.78, 5) is 20.5. The maximum atomic E-state index is 12.7. The molecular weight excluding hydrogens is 340 g/mol. The van der Waals surface area contributed by atoms with Crippen molar-refractivity contribution in [2.24, 2.45) is 0 Å². The van der Waals surface area contributed by atoms with Crippen LogP contribution in [0.2, 0.25) is 0 Å². The lowest BCUT2D eigenvalue weighted by molar-refractivity contribution is 0.135. The van der Waals surface area contributed by atoms with Gasteiger partial charge in [0.25, 0.3) is 0 Å². The van der Waals surface area contributed by atoms with Gasteiger partial charge in [-0.2, -0.15) is 0 Å². The Morgan fingerprint density at radius 3 is 3.00 bits per heavy atom. The van der Waals surface area contributed by atoms with E-state index in [0.717, 1.165) is 17.1 Å². The Labute approximate surface area is 160 Å². The summed E-state index contributed by atoms with van der Waals surface area (Å²) in [6.07, 6.45) is 3.35. The molecular formula is C21H24N4O2. The number of hydrogen-bond donors (Lipinski definition) is 0. The Balaban J connectivity index is 1.72. The molecule has 2 aromatic rings. The number of rotatable bonds is 4. The molecule has 0 aliphatic carbocycles. The number of aromatic nitrogens is 2. The summed E-state index contributed by atoms with van der Waals surface area (Å²) in [7, 11) is 1.62. The van der Waals surface area contributed by atoms with Gasteiger partial charge in [-0.05, 0) is 30.5 Å². The molecule has 0 N–H and O–H groups in total. The van der Waals surface area contributed by atoms with E-state index in [4.69, 9.17) is 4.74 Å². The van der Waals surface area contributed by atoms with Crippen LogP contribution in [0.3, 0.4) is 0 Å². The highest BCUT2D eigenvalue weighted by Crippen LogP contribution is 2.16. The molecule has 0 bridgehead atoms. The molecule has 6 heteroatoms. The molecule has 6 nitrogen and oxygen atoms in total. The summed E-state index contributed by atoms with van der Waals surface area (Å²) in [6, 6.07) is 8.02. The van der Waals surface area contributed by atoms with Gasteiger partial charge in [-0.25, -0.2) is 9.78 Å². The van der Waals surface area contributed by atoms with Crippen molar-refractivity contribution in [2.75, 3.05) is 26.8 Å². The van der Waals surface area contributed by atoms with E-state index in [1.165, 1.54) is 5.56 Å².